The van der Waals surface area contributed by atoms with E-state index in [1.54, 1.807) is 0 Å². The van der Waals surface area contributed by atoms with E-state index in [-0.39, 0.29) is 10.9 Å². The van der Waals surface area contributed by atoms with Crippen LogP contribution in [-0.4, -0.2) is 38.6 Å². The minimum absolute atomic E-state index is 0.00208. The molecule has 0 bridgehead atoms. The Kier molecular flexibility index (Phi) is 5.11. The fourth-order valence-electron chi connectivity index (χ4n) is 3.75. The maximum absolute atomic E-state index is 13.4. The van der Waals surface area contributed by atoms with Crippen molar-refractivity contribution in [2.45, 2.75) is 30.4 Å². The Bertz CT molecular complexity index is 946. The molecule has 2 heterocycles. The topological polar surface area (TPSA) is 49.9 Å². The maximum Gasteiger partial charge on any atom is 0.243 e. The number of hydrogen-bond acceptors (Lipinski definition) is 4. The fraction of sp³-hybridized carbons (Fsp3) is 0.368. The van der Waals surface area contributed by atoms with Gasteiger partial charge in [0.05, 0.1) is 11.5 Å². The molecular formula is C19H20ClFN2O3S. The fourth-order valence-corrected chi connectivity index (χ4v) is 5.44. The summed E-state index contributed by atoms with van der Waals surface area (Å²) >= 11 is 6.07. The summed E-state index contributed by atoms with van der Waals surface area (Å²) in [6, 6.07) is 11.1. The number of piperidine rings is 1. The van der Waals surface area contributed by atoms with Crippen LogP contribution in [0.15, 0.2) is 47.4 Å². The SMILES string of the molecule is O=S(=O)(c1cccc(F)c1)N1CCC(N2COCc3cc(Cl)ccc32)CC1. The van der Waals surface area contributed by atoms with Gasteiger partial charge < -0.3 is 9.64 Å². The molecule has 0 aromatic heterocycles. The Hall–Kier alpha value is -1.67. The lowest BCUT2D eigenvalue weighted by molar-refractivity contribution is 0.0988. The van der Waals surface area contributed by atoms with E-state index in [9.17, 15) is 12.8 Å². The van der Waals surface area contributed by atoms with Gasteiger partial charge in [-0.25, -0.2) is 12.8 Å². The highest BCUT2D eigenvalue weighted by molar-refractivity contribution is 7.89. The highest BCUT2D eigenvalue weighted by Crippen LogP contribution is 2.33. The molecule has 2 aromatic carbocycles. The molecule has 0 saturated carbocycles. The second-order valence-electron chi connectivity index (χ2n) is 6.81. The second-order valence-corrected chi connectivity index (χ2v) is 9.19. The predicted octanol–water partition coefficient (Wildman–Crippen LogP) is 3.63. The molecule has 5 nitrogen and oxygen atoms in total. The van der Waals surface area contributed by atoms with Gasteiger partial charge in [0.1, 0.15) is 12.5 Å². The lowest BCUT2D eigenvalue weighted by Crippen LogP contribution is -2.48. The number of hydrogen-bond donors (Lipinski definition) is 0. The van der Waals surface area contributed by atoms with Gasteiger partial charge in [-0.1, -0.05) is 17.7 Å². The maximum atomic E-state index is 13.4. The van der Waals surface area contributed by atoms with Crippen LogP contribution in [0.4, 0.5) is 10.1 Å². The van der Waals surface area contributed by atoms with E-state index in [2.05, 4.69) is 4.90 Å². The van der Waals surface area contributed by atoms with E-state index in [0.717, 1.165) is 17.3 Å². The number of anilines is 1. The van der Waals surface area contributed by atoms with E-state index in [1.165, 1.54) is 22.5 Å². The van der Waals surface area contributed by atoms with Gasteiger partial charge in [-0.05, 0) is 49.2 Å². The Balaban J connectivity index is 1.49. The molecular weight excluding hydrogens is 391 g/mol. The first-order valence-electron chi connectivity index (χ1n) is 8.84. The molecule has 0 aliphatic carbocycles. The summed E-state index contributed by atoms with van der Waals surface area (Å²) in [6.45, 7) is 1.79. The molecule has 0 N–H and O–H groups in total. The van der Waals surface area contributed by atoms with Gasteiger partial charge in [0.2, 0.25) is 10.0 Å². The third-order valence-corrected chi connectivity index (χ3v) is 7.27. The lowest BCUT2D eigenvalue weighted by Gasteiger charge is -2.41. The van der Waals surface area contributed by atoms with Crippen molar-refractivity contribution in [3.05, 3.63) is 58.9 Å². The average molecular weight is 411 g/mol. The largest absolute Gasteiger partial charge is 0.356 e. The smallest absolute Gasteiger partial charge is 0.243 e. The molecule has 0 amide bonds. The summed E-state index contributed by atoms with van der Waals surface area (Å²) < 4.78 is 46.1. The Labute approximate surface area is 163 Å². The average Bonchev–Trinajstić information content (AvgIpc) is 2.67. The van der Waals surface area contributed by atoms with Crippen LogP contribution < -0.4 is 4.90 Å². The van der Waals surface area contributed by atoms with Gasteiger partial charge in [-0.15, -0.1) is 0 Å². The quantitative estimate of drug-likeness (QED) is 0.775. The van der Waals surface area contributed by atoms with E-state index in [0.29, 0.717) is 44.3 Å². The second kappa shape index (κ2) is 7.39. The van der Waals surface area contributed by atoms with Crippen molar-refractivity contribution in [3.8, 4) is 0 Å². The van der Waals surface area contributed by atoms with Crippen molar-refractivity contribution >= 4 is 27.3 Å². The van der Waals surface area contributed by atoms with Gasteiger partial charge in [0.15, 0.2) is 0 Å². The molecule has 2 aliphatic heterocycles. The summed E-state index contributed by atoms with van der Waals surface area (Å²) in [6.07, 6.45) is 1.36. The zero-order valence-electron chi connectivity index (χ0n) is 14.6. The van der Waals surface area contributed by atoms with E-state index in [1.807, 2.05) is 18.2 Å². The molecule has 27 heavy (non-hydrogen) atoms. The molecule has 1 saturated heterocycles. The summed E-state index contributed by atoms with van der Waals surface area (Å²) in [7, 11) is -3.68. The third-order valence-electron chi connectivity index (χ3n) is 5.14. The van der Waals surface area contributed by atoms with Crippen molar-refractivity contribution in [2.75, 3.05) is 24.7 Å². The number of nitrogens with zero attached hydrogens (tertiary/aromatic N) is 2. The summed E-state index contributed by atoms with van der Waals surface area (Å²) in [5, 5.41) is 0.676. The summed E-state index contributed by atoms with van der Waals surface area (Å²) in [5.74, 6) is -0.549. The highest BCUT2D eigenvalue weighted by atomic mass is 35.5. The van der Waals surface area contributed by atoms with Gasteiger partial charge in [0, 0.05) is 35.4 Å². The number of fused-ring (bicyclic) bond motifs is 1. The van der Waals surface area contributed by atoms with Crippen LogP contribution in [0.2, 0.25) is 5.02 Å². The van der Waals surface area contributed by atoms with Crippen molar-refractivity contribution in [3.63, 3.8) is 0 Å². The van der Waals surface area contributed by atoms with Crippen LogP contribution in [0.1, 0.15) is 18.4 Å². The number of rotatable bonds is 3. The lowest BCUT2D eigenvalue weighted by atomic mass is 10.0. The van der Waals surface area contributed by atoms with Gasteiger partial charge in [0.25, 0.3) is 0 Å². The predicted molar refractivity (Wildman–Crippen MR) is 102 cm³/mol. The Morgan fingerprint density at radius 2 is 1.89 bits per heavy atom. The molecule has 0 radical (unpaired) electrons. The molecule has 144 valence electrons. The molecule has 4 rings (SSSR count). The molecule has 0 spiro atoms. The highest BCUT2D eigenvalue weighted by Gasteiger charge is 2.33. The van der Waals surface area contributed by atoms with Crippen LogP contribution in [0.25, 0.3) is 0 Å². The first kappa shape index (κ1) is 18.7. The van der Waals surface area contributed by atoms with Crippen LogP contribution >= 0.6 is 11.6 Å². The normalized spacial score (nSPS) is 19.1. The molecule has 2 aromatic rings. The van der Waals surface area contributed by atoms with Crippen molar-refractivity contribution in [2.24, 2.45) is 0 Å². The van der Waals surface area contributed by atoms with Gasteiger partial charge in [-0.3, -0.25) is 0 Å². The zero-order valence-corrected chi connectivity index (χ0v) is 16.2. The summed E-state index contributed by atoms with van der Waals surface area (Å²) in [4.78, 5) is 2.18. The number of sulfonamides is 1. The van der Waals surface area contributed by atoms with Crippen molar-refractivity contribution in [1.29, 1.82) is 0 Å². The number of benzene rings is 2. The molecule has 0 atom stereocenters. The van der Waals surface area contributed by atoms with Gasteiger partial charge >= 0.3 is 0 Å². The number of halogens is 2. The third kappa shape index (κ3) is 3.69. The first-order chi connectivity index (χ1) is 12.9. The Morgan fingerprint density at radius 1 is 1.11 bits per heavy atom. The monoisotopic (exact) mass is 410 g/mol. The van der Waals surface area contributed by atoms with E-state index < -0.39 is 15.8 Å². The standard InChI is InChI=1S/C19H20ClFN2O3S/c20-15-4-5-19-14(10-15)12-26-13-23(19)17-6-8-22(9-7-17)27(24,25)18-3-1-2-16(21)11-18/h1-5,10-11,17H,6-9,12-13H2. The number of ether oxygens (including phenoxy) is 1. The minimum atomic E-state index is -3.68. The van der Waals surface area contributed by atoms with E-state index >= 15 is 0 Å². The first-order valence-corrected chi connectivity index (χ1v) is 10.7. The molecule has 8 heteroatoms. The zero-order chi connectivity index (χ0) is 19.0. The molecule has 0 unspecified atom stereocenters. The van der Waals surface area contributed by atoms with Crippen LogP contribution in [0.5, 0.6) is 0 Å². The minimum Gasteiger partial charge on any atom is -0.356 e. The van der Waals surface area contributed by atoms with Crippen LogP contribution in [0, 0.1) is 5.82 Å². The van der Waals surface area contributed by atoms with Crippen LogP contribution in [0.3, 0.4) is 0 Å². The van der Waals surface area contributed by atoms with E-state index in [4.69, 9.17) is 16.3 Å². The Morgan fingerprint density at radius 3 is 2.63 bits per heavy atom. The van der Waals surface area contributed by atoms with Crippen LogP contribution in [-0.2, 0) is 21.4 Å². The van der Waals surface area contributed by atoms with Gasteiger partial charge in [-0.2, -0.15) is 4.31 Å². The summed E-state index contributed by atoms with van der Waals surface area (Å²) in [5.41, 5.74) is 2.14. The van der Waals surface area contributed by atoms with Crippen molar-refractivity contribution in [1.82, 2.24) is 4.31 Å². The molecule has 2 aliphatic rings. The van der Waals surface area contributed by atoms with Crippen molar-refractivity contribution < 1.29 is 17.5 Å². The molecule has 1 fully saturated rings.